The van der Waals surface area contributed by atoms with Gasteiger partial charge in [-0.15, -0.1) is 11.3 Å². The monoisotopic (exact) mass is 376 g/mol. The van der Waals surface area contributed by atoms with Gasteiger partial charge in [0.1, 0.15) is 6.33 Å². The lowest BCUT2D eigenvalue weighted by molar-refractivity contribution is -0.118. The number of thiazole rings is 1. The molecule has 0 aliphatic heterocycles. The number of carbonyl (C=O) groups excluding carboxylic acids is 1. The number of hydrogen-bond donors (Lipinski definition) is 1. The molecule has 2 aromatic heterocycles. The third kappa shape index (κ3) is 3.48. The van der Waals surface area contributed by atoms with Gasteiger partial charge < -0.3 is 5.32 Å². The van der Waals surface area contributed by atoms with Crippen molar-refractivity contribution in [3.63, 3.8) is 0 Å². The third-order valence-electron chi connectivity index (χ3n) is 4.55. The summed E-state index contributed by atoms with van der Waals surface area (Å²) in [6, 6.07) is 15.7. The number of hydrogen-bond acceptors (Lipinski definition) is 4. The number of anilines is 1. The number of fused-ring (bicyclic) bond motifs is 1. The molecular formula is C21H20N4OS. The highest BCUT2D eigenvalue weighted by molar-refractivity contribution is 7.12. The van der Waals surface area contributed by atoms with Crippen LogP contribution in [0, 0.1) is 5.92 Å². The Morgan fingerprint density at radius 2 is 1.93 bits per heavy atom. The number of nitrogens with zero attached hydrogens (tertiary/aromatic N) is 3. The molecule has 5 nitrogen and oxygen atoms in total. The molecule has 2 aromatic carbocycles. The Morgan fingerprint density at radius 1 is 1.11 bits per heavy atom. The molecule has 0 aliphatic rings. The van der Waals surface area contributed by atoms with E-state index in [1.807, 2.05) is 58.5 Å². The molecule has 136 valence electrons. The maximum Gasteiger partial charge on any atom is 0.232 e. The van der Waals surface area contributed by atoms with Crippen LogP contribution in [-0.4, -0.2) is 20.4 Å². The second-order valence-corrected chi connectivity index (χ2v) is 7.63. The summed E-state index contributed by atoms with van der Waals surface area (Å²) in [5, 5.41) is 5.87. The Kier molecular flexibility index (Phi) is 4.73. The zero-order valence-corrected chi connectivity index (χ0v) is 16.0. The molecule has 6 heteroatoms. The van der Waals surface area contributed by atoms with Crippen LogP contribution in [0.1, 0.15) is 25.3 Å². The van der Waals surface area contributed by atoms with Gasteiger partial charge in [0, 0.05) is 17.3 Å². The lowest BCUT2D eigenvalue weighted by Gasteiger charge is -2.20. The van der Waals surface area contributed by atoms with Crippen molar-refractivity contribution < 1.29 is 4.79 Å². The van der Waals surface area contributed by atoms with Crippen molar-refractivity contribution in [3.8, 4) is 5.13 Å². The zero-order valence-electron chi connectivity index (χ0n) is 15.2. The minimum absolute atomic E-state index is 0.00472. The molecule has 0 aliphatic carbocycles. The summed E-state index contributed by atoms with van der Waals surface area (Å²) in [5.74, 6) is -0.00933. The SMILES string of the molecule is CC(C)[C@H](C(=O)Nc1ccc2c(c1)ncn2-c1nccs1)c1ccccc1. The summed E-state index contributed by atoms with van der Waals surface area (Å²) >= 11 is 1.56. The van der Waals surface area contributed by atoms with Crippen molar-refractivity contribution in [2.45, 2.75) is 19.8 Å². The van der Waals surface area contributed by atoms with E-state index in [0.717, 1.165) is 27.4 Å². The van der Waals surface area contributed by atoms with Gasteiger partial charge in [-0.3, -0.25) is 9.36 Å². The first kappa shape index (κ1) is 17.4. The molecule has 0 saturated heterocycles. The summed E-state index contributed by atoms with van der Waals surface area (Å²) in [6.07, 6.45) is 3.53. The van der Waals surface area contributed by atoms with Crippen LogP contribution in [0.2, 0.25) is 0 Å². The molecule has 0 saturated carbocycles. The number of nitrogens with one attached hydrogen (secondary N) is 1. The van der Waals surface area contributed by atoms with Crippen LogP contribution in [0.4, 0.5) is 5.69 Å². The topological polar surface area (TPSA) is 59.8 Å². The lowest BCUT2D eigenvalue weighted by atomic mass is 9.87. The predicted octanol–water partition coefficient (Wildman–Crippen LogP) is 4.86. The molecule has 27 heavy (non-hydrogen) atoms. The van der Waals surface area contributed by atoms with Crippen LogP contribution in [0.5, 0.6) is 0 Å². The van der Waals surface area contributed by atoms with Crippen LogP contribution in [0.15, 0.2) is 66.4 Å². The minimum atomic E-state index is -0.199. The van der Waals surface area contributed by atoms with E-state index in [9.17, 15) is 4.79 Å². The van der Waals surface area contributed by atoms with E-state index < -0.39 is 0 Å². The van der Waals surface area contributed by atoms with E-state index in [1.54, 1.807) is 23.9 Å². The highest BCUT2D eigenvalue weighted by Crippen LogP contribution is 2.27. The highest BCUT2D eigenvalue weighted by atomic mass is 32.1. The van der Waals surface area contributed by atoms with Crippen molar-refractivity contribution in [2.75, 3.05) is 5.32 Å². The van der Waals surface area contributed by atoms with Crippen LogP contribution < -0.4 is 5.32 Å². The van der Waals surface area contributed by atoms with Crippen LogP contribution in [0.25, 0.3) is 16.2 Å². The van der Waals surface area contributed by atoms with Crippen LogP contribution in [0.3, 0.4) is 0 Å². The molecule has 0 unspecified atom stereocenters. The average molecular weight is 376 g/mol. The van der Waals surface area contributed by atoms with Gasteiger partial charge in [-0.1, -0.05) is 44.2 Å². The van der Waals surface area contributed by atoms with Crippen LogP contribution >= 0.6 is 11.3 Å². The summed E-state index contributed by atoms with van der Waals surface area (Å²) in [4.78, 5) is 21.7. The second-order valence-electron chi connectivity index (χ2n) is 6.75. The molecule has 1 N–H and O–H groups in total. The van der Waals surface area contributed by atoms with E-state index in [1.165, 1.54) is 0 Å². The summed E-state index contributed by atoms with van der Waals surface area (Å²) in [7, 11) is 0. The maximum atomic E-state index is 12.9. The second kappa shape index (κ2) is 7.32. The molecule has 4 aromatic rings. The molecule has 2 heterocycles. The van der Waals surface area contributed by atoms with Gasteiger partial charge in [0.15, 0.2) is 5.13 Å². The van der Waals surface area contributed by atoms with Crippen molar-refractivity contribution in [3.05, 3.63) is 72.0 Å². The Labute approximate surface area is 161 Å². The van der Waals surface area contributed by atoms with Gasteiger partial charge in [0.05, 0.1) is 17.0 Å². The Hall–Kier alpha value is -2.99. The number of imidazole rings is 1. The fraction of sp³-hybridized carbons (Fsp3) is 0.190. The molecule has 0 spiro atoms. The molecule has 4 rings (SSSR count). The van der Waals surface area contributed by atoms with Gasteiger partial charge in [-0.05, 0) is 29.7 Å². The smallest absolute Gasteiger partial charge is 0.232 e. The number of amides is 1. The first-order valence-corrected chi connectivity index (χ1v) is 9.74. The number of rotatable bonds is 5. The van der Waals surface area contributed by atoms with Crippen molar-refractivity contribution in [1.29, 1.82) is 0 Å². The highest BCUT2D eigenvalue weighted by Gasteiger charge is 2.24. The summed E-state index contributed by atoms with van der Waals surface area (Å²) < 4.78 is 1.95. The minimum Gasteiger partial charge on any atom is -0.325 e. The first-order chi connectivity index (χ1) is 13.1. The fourth-order valence-electron chi connectivity index (χ4n) is 3.30. The average Bonchev–Trinajstić information content (AvgIpc) is 3.31. The van der Waals surface area contributed by atoms with Crippen molar-refractivity contribution in [1.82, 2.24) is 14.5 Å². The van der Waals surface area contributed by atoms with E-state index in [0.29, 0.717) is 0 Å². The van der Waals surface area contributed by atoms with Gasteiger partial charge in [0.25, 0.3) is 0 Å². The summed E-state index contributed by atoms with van der Waals surface area (Å²) in [5.41, 5.74) is 3.56. The number of benzene rings is 2. The third-order valence-corrected chi connectivity index (χ3v) is 5.32. The Balaban J connectivity index is 1.60. The van der Waals surface area contributed by atoms with Gasteiger partial charge in [-0.25, -0.2) is 9.97 Å². The van der Waals surface area contributed by atoms with Gasteiger partial charge >= 0.3 is 0 Å². The molecule has 1 amide bonds. The molecule has 0 bridgehead atoms. The first-order valence-electron chi connectivity index (χ1n) is 8.86. The molecule has 1 atom stereocenters. The van der Waals surface area contributed by atoms with Crippen LogP contribution in [-0.2, 0) is 4.79 Å². The Bertz CT molecular complexity index is 1050. The largest absolute Gasteiger partial charge is 0.325 e. The fourth-order valence-corrected chi connectivity index (χ4v) is 3.92. The standard InChI is InChI=1S/C21H20N4OS/c1-14(2)19(15-6-4-3-5-7-15)20(26)24-16-8-9-18-17(12-16)23-13-25(18)21-22-10-11-27-21/h3-14,19H,1-2H3,(H,24,26)/t19-/m0/s1. The quantitative estimate of drug-likeness (QED) is 0.541. The van der Waals surface area contributed by atoms with E-state index in [-0.39, 0.29) is 17.7 Å². The molecule has 0 radical (unpaired) electrons. The predicted molar refractivity (Wildman–Crippen MR) is 109 cm³/mol. The molecule has 0 fully saturated rings. The normalized spacial score (nSPS) is 12.4. The molecular weight excluding hydrogens is 356 g/mol. The number of aromatic nitrogens is 3. The Morgan fingerprint density at radius 3 is 2.63 bits per heavy atom. The van der Waals surface area contributed by atoms with Crippen molar-refractivity contribution in [2.24, 2.45) is 5.92 Å². The maximum absolute atomic E-state index is 12.9. The van der Waals surface area contributed by atoms with E-state index in [2.05, 4.69) is 29.1 Å². The van der Waals surface area contributed by atoms with Gasteiger partial charge in [0.2, 0.25) is 5.91 Å². The van der Waals surface area contributed by atoms with E-state index in [4.69, 9.17) is 0 Å². The van der Waals surface area contributed by atoms with E-state index >= 15 is 0 Å². The lowest BCUT2D eigenvalue weighted by Crippen LogP contribution is -2.25. The van der Waals surface area contributed by atoms with Crippen molar-refractivity contribution >= 4 is 34.0 Å². The zero-order chi connectivity index (χ0) is 18.8. The number of carbonyl (C=O) groups is 1. The van der Waals surface area contributed by atoms with Gasteiger partial charge in [-0.2, -0.15) is 0 Å². The summed E-state index contributed by atoms with van der Waals surface area (Å²) in [6.45, 7) is 4.13.